The van der Waals surface area contributed by atoms with E-state index in [4.69, 9.17) is 0 Å². The van der Waals surface area contributed by atoms with Crippen molar-refractivity contribution in [2.45, 2.75) is 23.8 Å². The third-order valence-corrected chi connectivity index (χ3v) is 6.92. The van der Waals surface area contributed by atoms with E-state index in [9.17, 15) is 22.8 Å². The first-order valence-corrected chi connectivity index (χ1v) is 10.7. The molecular weight excluding hydrogens is 440 g/mol. The molecule has 9 nitrogen and oxygen atoms in total. The SMILES string of the molecule is O=C1NC(=O)C(CCC(=O)N2CCN(S(=O)(=O)c3cccc(Br)c3)CC2)N1. The van der Waals surface area contributed by atoms with Gasteiger partial charge in [-0.05, 0) is 24.6 Å². The molecule has 27 heavy (non-hydrogen) atoms. The van der Waals surface area contributed by atoms with Crippen molar-refractivity contribution in [1.29, 1.82) is 0 Å². The predicted molar refractivity (Wildman–Crippen MR) is 99.2 cm³/mol. The molecule has 11 heteroatoms. The molecule has 4 amide bonds. The molecule has 2 aliphatic heterocycles. The topological polar surface area (TPSA) is 116 Å². The first-order chi connectivity index (χ1) is 12.8. The first-order valence-electron chi connectivity index (χ1n) is 8.42. The second-order valence-electron chi connectivity index (χ2n) is 6.30. The number of rotatable bonds is 5. The van der Waals surface area contributed by atoms with Crippen molar-refractivity contribution in [1.82, 2.24) is 19.8 Å². The summed E-state index contributed by atoms with van der Waals surface area (Å²) >= 11 is 3.27. The minimum Gasteiger partial charge on any atom is -0.340 e. The summed E-state index contributed by atoms with van der Waals surface area (Å²) in [6.45, 7) is 0.993. The minimum atomic E-state index is -3.61. The van der Waals surface area contributed by atoms with Crippen LogP contribution in [0.3, 0.4) is 0 Å². The zero-order valence-corrected chi connectivity index (χ0v) is 16.8. The molecular formula is C16H19BrN4O5S. The molecule has 0 radical (unpaired) electrons. The fourth-order valence-electron chi connectivity index (χ4n) is 3.04. The van der Waals surface area contributed by atoms with Gasteiger partial charge in [0.05, 0.1) is 4.90 Å². The molecule has 0 aromatic heterocycles. The summed E-state index contributed by atoms with van der Waals surface area (Å²) in [4.78, 5) is 36.7. The van der Waals surface area contributed by atoms with E-state index in [0.717, 1.165) is 0 Å². The monoisotopic (exact) mass is 458 g/mol. The van der Waals surface area contributed by atoms with Crippen molar-refractivity contribution >= 4 is 43.8 Å². The van der Waals surface area contributed by atoms with Gasteiger partial charge in [-0.2, -0.15) is 4.31 Å². The summed E-state index contributed by atoms with van der Waals surface area (Å²) in [5.74, 6) is -0.596. The molecule has 1 atom stereocenters. The van der Waals surface area contributed by atoms with Gasteiger partial charge in [-0.3, -0.25) is 14.9 Å². The van der Waals surface area contributed by atoms with E-state index in [0.29, 0.717) is 4.47 Å². The second-order valence-corrected chi connectivity index (χ2v) is 9.15. The highest BCUT2D eigenvalue weighted by atomic mass is 79.9. The molecule has 2 N–H and O–H groups in total. The maximum Gasteiger partial charge on any atom is 0.322 e. The average molecular weight is 459 g/mol. The van der Waals surface area contributed by atoms with Gasteiger partial charge in [-0.15, -0.1) is 0 Å². The molecule has 2 aliphatic rings. The molecule has 2 fully saturated rings. The molecule has 3 rings (SSSR count). The van der Waals surface area contributed by atoms with Crippen LogP contribution < -0.4 is 10.6 Å². The molecule has 1 unspecified atom stereocenters. The fraction of sp³-hybridized carbons (Fsp3) is 0.438. The van der Waals surface area contributed by atoms with Gasteiger partial charge in [0, 0.05) is 37.1 Å². The number of amides is 4. The standard InChI is InChI=1S/C16H19BrN4O5S/c17-11-2-1-3-12(10-11)27(25,26)21-8-6-20(7-9-21)14(22)5-4-13-15(23)19-16(24)18-13/h1-3,10,13H,4-9H2,(H2,18,19,23,24). The Bertz CT molecular complexity index is 867. The van der Waals surface area contributed by atoms with Crippen molar-refractivity contribution in [3.8, 4) is 0 Å². The summed E-state index contributed by atoms with van der Waals surface area (Å²) < 4.78 is 27.4. The largest absolute Gasteiger partial charge is 0.340 e. The number of hydrogen-bond acceptors (Lipinski definition) is 5. The molecule has 0 aliphatic carbocycles. The molecule has 2 heterocycles. The Morgan fingerprint density at radius 1 is 1.19 bits per heavy atom. The van der Waals surface area contributed by atoms with E-state index in [2.05, 4.69) is 26.6 Å². The molecule has 2 saturated heterocycles. The quantitative estimate of drug-likeness (QED) is 0.614. The predicted octanol–water partition coefficient (Wildman–Crippen LogP) is 0.270. The van der Waals surface area contributed by atoms with Crippen molar-refractivity contribution in [3.05, 3.63) is 28.7 Å². The van der Waals surface area contributed by atoms with Crippen LogP contribution in [0.5, 0.6) is 0 Å². The summed E-state index contributed by atoms with van der Waals surface area (Å²) in [6, 6.07) is 5.26. The molecule has 0 spiro atoms. The Balaban J connectivity index is 1.53. The maximum absolute atomic E-state index is 12.7. The van der Waals surface area contributed by atoms with E-state index in [1.807, 2.05) is 0 Å². The van der Waals surface area contributed by atoms with Gasteiger partial charge in [-0.1, -0.05) is 22.0 Å². The van der Waals surface area contributed by atoms with Crippen LogP contribution in [0, 0.1) is 0 Å². The van der Waals surface area contributed by atoms with Crippen LogP contribution in [0.4, 0.5) is 4.79 Å². The lowest BCUT2D eigenvalue weighted by Crippen LogP contribution is -2.50. The fourth-order valence-corrected chi connectivity index (χ4v) is 5.06. The Labute approximate surface area is 165 Å². The lowest BCUT2D eigenvalue weighted by Gasteiger charge is -2.34. The number of carbonyl (C=O) groups excluding carboxylic acids is 3. The molecule has 0 bridgehead atoms. The van der Waals surface area contributed by atoms with E-state index in [-0.39, 0.29) is 49.8 Å². The van der Waals surface area contributed by atoms with Crippen LogP contribution in [-0.2, 0) is 19.6 Å². The van der Waals surface area contributed by atoms with E-state index >= 15 is 0 Å². The number of hydrogen-bond donors (Lipinski definition) is 2. The Kier molecular flexibility index (Phi) is 5.82. The number of nitrogens with one attached hydrogen (secondary N) is 2. The Morgan fingerprint density at radius 3 is 2.48 bits per heavy atom. The van der Waals surface area contributed by atoms with E-state index in [1.54, 1.807) is 29.2 Å². The Hall–Kier alpha value is -1.98. The van der Waals surface area contributed by atoms with Gasteiger partial charge in [0.2, 0.25) is 15.9 Å². The van der Waals surface area contributed by atoms with Crippen molar-refractivity contribution in [3.63, 3.8) is 0 Å². The third-order valence-electron chi connectivity index (χ3n) is 4.53. The molecule has 0 saturated carbocycles. The molecule has 146 valence electrons. The van der Waals surface area contributed by atoms with Crippen LogP contribution >= 0.6 is 15.9 Å². The van der Waals surface area contributed by atoms with Crippen LogP contribution in [0.15, 0.2) is 33.6 Å². The minimum absolute atomic E-state index is 0.108. The van der Waals surface area contributed by atoms with Gasteiger partial charge >= 0.3 is 6.03 Å². The summed E-state index contributed by atoms with van der Waals surface area (Å²) in [7, 11) is -3.61. The van der Waals surface area contributed by atoms with Gasteiger partial charge in [0.15, 0.2) is 0 Å². The average Bonchev–Trinajstić information content (AvgIpc) is 2.97. The number of carbonyl (C=O) groups is 3. The van der Waals surface area contributed by atoms with E-state index < -0.39 is 28.0 Å². The lowest BCUT2D eigenvalue weighted by atomic mass is 10.1. The number of halogens is 1. The number of piperazine rings is 1. The van der Waals surface area contributed by atoms with Crippen LogP contribution in [0.25, 0.3) is 0 Å². The van der Waals surface area contributed by atoms with Gasteiger partial charge in [0.25, 0.3) is 5.91 Å². The smallest absolute Gasteiger partial charge is 0.322 e. The summed E-state index contributed by atoms with van der Waals surface area (Å²) in [5, 5.41) is 4.57. The normalized spacial score (nSPS) is 21.1. The number of benzene rings is 1. The summed E-state index contributed by atoms with van der Waals surface area (Å²) in [5.41, 5.74) is 0. The van der Waals surface area contributed by atoms with Gasteiger partial charge in [-0.25, -0.2) is 13.2 Å². The summed E-state index contributed by atoms with van der Waals surface area (Å²) in [6.07, 6.45) is 0.323. The first kappa shape index (κ1) is 19.8. The lowest BCUT2D eigenvalue weighted by molar-refractivity contribution is -0.132. The van der Waals surface area contributed by atoms with Crippen LogP contribution in [0.1, 0.15) is 12.8 Å². The number of sulfonamides is 1. The van der Waals surface area contributed by atoms with Crippen molar-refractivity contribution in [2.24, 2.45) is 0 Å². The van der Waals surface area contributed by atoms with Crippen molar-refractivity contribution < 1.29 is 22.8 Å². The molecule has 1 aromatic carbocycles. The zero-order chi connectivity index (χ0) is 19.6. The third kappa shape index (κ3) is 4.47. The van der Waals surface area contributed by atoms with Crippen LogP contribution in [0.2, 0.25) is 0 Å². The Morgan fingerprint density at radius 2 is 1.89 bits per heavy atom. The maximum atomic E-state index is 12.7. The highest BCUT2D eigenvalue weighted by Crippen LogP contribution is 2.21. The second kappa shape index (κ2) is 7.95. The number of urea groups is 1. The highest BCUT2D eigenvalue weighted by Gasteiger charge is 2.32. The number of nitrogens with zero attached hydrogens (tertiary/aromatic N) is 2. The van der Waals surface area contributed by atoms with E-state index in [1.165, 1.54) is 4.31 Å². The van der Waals surface area contributed by atoms with Crippen LogP contribution in [-0.4, -0.2) is 67.7 Å². The highest BCUT2D eigenvalue weighted by molar-refractivity contribution is 9.10. The molecule has 1 aromatic rings. The number of imide groups is 1. The zero-order valence-electron chi connectivity index (χ0n) is 14.4. The van der Waals surface area contributed by atoms with Gasteiger partial charge in [0.1, 0.15) is 6.04 Å². The van der Waals surface area contributed by atoms with Gasteiger partial charge < -0.3 is 10.2 Å². The van der Waals surface area contributed by atoms with Crippen molar-refractivity contribution in [2.75, 3.05) is 26.2 Å².